The third-order valence-corrected chi connectivity index (χ3v) is 5.31. The van der Waals surface area contributed by atoms with Crippen molar-refractivity contribution in [3.8, 4) is 0 Å². The van der Waals surface area contributed by atoms with Gasteiger partial charge in [-0.05, 0) is 6.42 Å². The molecule has 0 aliphatic carbocycles. The molecule has 0 amide bonds. The van der Waals surface area contributed by atoms with Crippen molar-refractivity contribution >= 4 is 7.82 Å². The molecule has 0 aliphatic heterocycles. The molecule has 3 N–H and O–H groups in total. The van der Waals surface area contributed by atoms with E-state index in [9.17, 15) is 9.46 Å². The Bertz CT molecular complexity index is 359. The minimum atomic E-state index is -4.06. The second kappa shape index (κ2) is 19.3. The summed E-state index contributed by atoms with van der Waals surface area (Å²) in [6.07, 6.45) is 13.9. The van der Waals surface area contributed by atoms with Crippen LogP contribution >= 0.6 is 7.82 Å². The van der Waals surface area contributed by atoms with E-state index in [2.05, 4.69) is 11.4 Å². The van der Waals surface area contributed by atoms with E-state index in [1.54, 1.807) is 0 Å². The van der Waals surface area contributed by atoms with Crippen LogP contribution in [0.5, 0.6) is 0 Å². The number of unbranched alkanes of at least 4 members (excludes halogenated alkanes) is 10. The number of ether oxygens (including phenoxy) is 2. The van der Waals surface area contributed by atoms with Crippen molar-refractivity contribution in [3.63, 3.8) is 0 Å². The maximum atomic E-state index is 11.5. The Morgan fingerprint density at radius 3 is 1.93 bits per heavy atom. The molecule has 0 aromatic rings. The van der Waals surface area contributed by atoms with Crippen molar-refractivity contribution in [2.75, 3.05) is 40.1 Å². The van der Waals surface area contributed by atoms with E-state index in [-0.39, 0.29) is 19.8 Å². The average molecular weight is 412 g/mol. The van der Waals surface area contributed by atoms with Crippen molar-refractivity contribution < 1.29 is 28.0 Å². The zero-order valence-corrected chi connectivity index (χ0v) is 18.3. The molecule has 8 heteroatoms. The summed E-state index contributed by atoms with van der Waals surface area (Å²) < 4.78 is 31.9. The SMILES string of the molecule is CCCCCCCCCCCCCOCC(COP(=O)(O)OCCN)OC. The van der Waals surface area contributed by atoms with Gasteiger partial charge in [-0.1, -0.05) is 71.1 Å². The summed E-state index contributed by atoms with van der Waals surface area (Å²) in [5.74, 6) is 0. The Kier molecular flexibility index (Phi) is 19.3. The topological polar surface area (TPSA) is 100 Å². The highest BCUT2D eigenvalue weighted by Gasteiger charge is 2.23. The van der Waals surface area contributed by atoms with Crippen LogP contribution in [0, 0.1) is 0 Å². The van der Waals surface area contributed by atoms with Gasteiger partial charge < -0.3 is 20.1 Å². The Hall–Kier alpha value is -0.0100. The molecule has 0 saturated heterocycles. The molecule has 0 bridgehead atoms. The fourth-order valence-corrected chi connectivity index (χ4v) is 3.42. The van der Waals surface area contributed by atoms with Crippen molar-refractivity contribution in [1.82, 2.24) is 0 Å². The summed E-state index contributed by atoms with van der Waals surface area (Å²) in [6, 6.07) is 0. The Morgan fingerprint density at radius 1 is 0.852 bits per heavy atom. The molecule has 27 heavy (non-hydrogen) atoms. The van der Waals surface area contributed by atoms with Crippen LogP contribution in [0.1, 0.15) is 77.6 Å². The molecule has 0 rings (SSSR count). The summed E-state index contributed by atoms with van der Waals surface area (Å²) in [4.78, 5) is 9.43. The molecule has 164 valence electrons. The van der Waals surface area contributed by atoms with Crippen LogP contribution in [-0.2, 0) is 23.1 Å². The number of rotatable bonds is 21. The number of phosphoric ester groups is 1. The summed E-state index contributed by atoms with van der Waals surface area (Å²) in [6.45, 7) is 3.31. The molecular weight excluding hydrogens is 369 g/mol. The fraction of sp³-hybridized carbons (Fsp3) is 1.00. The maximum absolute atomic E-state index is 11.5. The van der Waals surface area contributed by atoms with Crippen molar-refractivity contribution in [2.45, 2.75) is 83.7 Å². The first kappa shape index (κ1) is 27.0. The molecule has 0 aromatic carbocycles. The summed E-state index contributed by atoms with van der Waals surface area (Å²) >= 11 is 0. The van der Waals surface area contributed by atoms with Gasteiger partial charge in [-0.15, -0.1) is 0 Å². The highest BCUT2D eigenvalue weighted by molar-refractivity contribution is 7.47. The number of methoxy groups -OCH3 is 1. The predicted molar refractivity (Wildman–Crippen MR) is 109 cm³/mol. The molecule has 0 spiro atoms. The van der Waals surface area contributed by atoms with Crippen molar-refractivity contribution in [1.29, 1.82) is 0 Å². The number of hydrogen-bond donors (Lipinski definition) is 2. The number of phosphoric acid groups is 1. The van der Waals surface area contributed by atoms with E-state index in [1.165, 1.54) is 71.3 Å². The van der Waals surface area contributed by atoms with Gasteiger partial charge >= 0.3 is 7.82 Å². The van der Waals surface area contributed by atoms with E-state index in [4.69, 9.17) is 19.7 Å². The van der Waals surface area contributed by atoms with E-state index in [0.29, 0.717) is 13.2 Å². The highest BCUT2D eigenvalue weighted by Crippen LogP contribution is 2.42. The molecular formula is C19H42NO6P. The Labute approximate surface area is 165 Å². The average Bonchev–Trinajstić information content (AvgIpc) is 2.66. The molecule has 0 aliphatic rings. The van der Waals surface area contributed by atoms with E-state index < -0.39 is 13.9 Å². The minimum Gasteiger partial charge on any atom is -0.379 e. The third-order valence-electron chi connectivity index (χ3n) is 4.33. The van der Waals surface area contributed by atoms with Gasteiger partial charge in [-0.3, -0.25) is 9.05 Å². The van der Waals surface area contributed by atoms with E-state index in [0.717, 1.165) is 6.42 Å². The standard InChI is InChI=1S/C19H42NO6P/c1-3-4-5-6-7-8-9-10-11-12-13-15-24-17-19(23-2)18-26-27(21,22)25-16-14-20/h19H,3-18,20H2,1-2H3,(H,21,22). The zero-order chi connectivity index (χ0) is 20.2. The molecule has 2 atom stereocenters. The zero-order valence-electron chi connectivity index (χ0n) is 17.4. The van der Waals surface area contributed by atoms with Crippen LogP contribution in [-0.4, -0.2) is 51.1 Å². The summed E-state index contributed by atoms with van der Waals surface area (Å²) in [5, 5.41) is 0. The van der Waals surface area contributed by atoms with Crippen LogP contribution in [0.25, 0.3) is 0 Å². The van der Waals surface area contributed by atoms with E-state index >= 15 is 0 Å². The summed E-state index contributed by atoms with van der Waals surface area (Å²) in [5.41, 5.74) is 5.22. The first-order valence-electron chi connectivity index (χ1n) is 10.5. The first-order chi connectivity index (χ1) is 13.1. The second-order valence-corrected chi connectivity index (χ2v) is 8.31. The smallest absolute Gasteiger partial charge is 0.379 e. The number of hydrogen-bond acceptors (Lipinski definition) is 6. The highest BCUT2D eigenvalue weighted by atomic mass is 31.2. The van der Waals surface area contributed by atoms with Gasteiger partial charge in [-0.25, -0.2) is 4.57 Å². The van der Waals surface area contributed by atoms with Gasteiger partial charge in [0.25, 0.3) is 0 Å². The van der Waals surface area contributed by atoms with Crippen LogP contribution in [0.2, 0.25) is 0 Å². The largest absolute Gasteiger partial charge is 0.472 e. The predicted octanol–water partition coefficient (Wildman–Crippen LogP) is 4.42. The van der Waals surface area contributed by atoms with Gasteiger partial charge in [0.1, 0.15) is 6.10 Å². The monoisotopic (exact) mass is 411 g/mol. The van der Waals surface area contributed by atoms with Crippen LogP contribution in [0.3, 0.4) is 0 Å². The van der Waals surface area contributed by atoms with Crippen molar-refractivity contribution in [3.05, 3.63) is 0 Å². The van der Waals surface area contributed by atoms with Gasteiger partial charge in [-0.2, -0.15) is 0 Å². The fourth-order valence-electron chi connectivity index (χ4n) is 2.65. The van der Waals surface area contributed by atoms with Crippen LogP contribution in [0.15, 0.2) is 0 Å². The minimum absolute atomic E-state index is 0.0270. The van der Waals surface area contributed by atoms with Gasteiger partial charge in [0, 0.05) is 20.3 Å². The first-order valence-corrected chi connectivity index (χ1v) is 12.0. The molecule has 7 nitrogen and oxygen atoms in total. The maximum Gasteiger partial charge on any atom is 0.472 e. The lowest BCUT2D eigenvalue weighted by Gasteiger charge is -2.18. The second-order valence-electron chi connectivity index (χ2n) is 6.85. The Balaban J connectivity index is 3.47. The molecule has 0 aromatic heterocycles. The quantitative estimate of drug-likeness (QED) is 0.213. The lowest BCUT2D eigenvalue weighted by Crippen LogP contribution is -2.24. The number of nitrogens with two attached hydrogens (primary N) is 1. The molecule has 2 unspecified atom stereocenters. The lowest BCUT2D eigenvalue weighted by molar-refractivity contribution is -0.0219. The van der Waals surface area contributed by atoms with Crippen molar-refractivity contribution in [2.24, 2.45) is 5.73 Å². The van der Waals surface area contributed by atoms with E-state index in [1.807, 2.05) is 0 Å². The van der Waals surface area contributed by atoms with Gasteiger partial charge in [0.2, 0.25) is 0 Å². The lowest BCUT2D eigenvalue weighted by atomic mass is 10.1. The normalized spacial score (nSPS) is 15.0. The Morgan fingerprint density at radius 2 is 1.41 bits per heavy atom. The summed E-state index contributed by atoms with van der Waals surface area (Å²) in [7, 11) is -2.55. The molecule has 0 heterocycles. The van der Waals surface area contributed by atoms with Crippen LogP contribution < -0.4 is 5.73 Å². The van der Waals surface area contributed by atoms with Gasteiger partial charge in [0.15, 0.2) is 0 Å². The molecule has 0 saturated carbocycles. The van der Waals surface area contributed by atoms with Gasteiger partial charge in [0.05, 0.1) is 19.8 Å². The molecule has 0 fully saturated rings. The molecule has 0 radical (unpaired) electrons. The van der Waals surface area contributed by atoms with Crippen LogP contribution in [0.4, 0.5) is 0 Å². The third kappa shape index (κ3) is 19.1.